The number of ether oxygens (including phenoxy) is 1. The van der Waals surface area contributed by atoms with Crippen LogP contribution in [-0.2, 0) is 0 Å². The first kappa shape index (κ1) is 13.4. The summed E-state index contributed by atoms with van der Waals surface area (Å²) in [7, 11) is 0. The average molecular weight is 327 g/mol. The van der Waals surface area contributed by atoms with Gasteiger partial charge in [-0.25, -0.2) is 0 Å². The highest BCUT2D eigenvalue weighted by molar-refractivity contribution is 9.10. The van der Waals surface area contributed by atoms with E-state index in [2.05, 4.69) is 15.9 Å². The number of halogens is 2. The van der Waals surface area contributed by atoms with Gasteiger partial charge in [-0.2, -0.15) is 0 Å². The predicted molar refractivity (Wildman–Crippen MR) is 78.3 cm³/mol. The summed E-state index contributed by atoms with van der Waals surface area (Å²) < 4.78 is 6.72. The molecule has 0 aromatic heterocycles. The van der Waals surface area contributed by atoms with Crippen LogP contribution in [0.25, 0.3) is 0 Å². The van der Waals surface area contributed by atoms with Gasteiger partial charge >= 0.3 is 0 Å². The van der Waals surface area contributed by atoms with Crippen molar-refractivity contribution in [3.8, 4) is 11.5 Å². The molecule has 4 heteroatoms. The smallest absolute Gasteiger partial charge is 0.128 e. The standard InChI is InChI=1S/C14H13BrClNO/c1-9(17)13-7-6-12(8-14(13)16)18-11-4-2-10(15)3-5-11/h2-9H,17H2,1H3. The van der Waals surface area contributed by atoms with Gasteiger partial charge in [-0.1, -0.05) is 33.6 Å². The van der Waals surface area contributed by atoms with Gasteiger partial charge in [0.2, 0.25) is 0 Å². The molecule has 0 spiro atoms. The molecule has 2 nitrogen and oxygen atoms in total. The van der Waals surface area contributed by atoms with Crippen LogP contribution in [0.1, 0.15) is 18.5 Å². The number of hydrogen-bond acceptors (Lipinski definition) is 2. The molecule has 0 aliphatic carbocycles. The molecule has 1 unspecified atom stereocenters. The Morgan fingerprint density at radius 3 is 2.28 bits per heavy atom. The zero-order chi connectivity index (χ0) is 13.1. The van der Waals surface area contributed by atoms with Crippen molar-refractivity contribution >= 4 is 27.5 Å². The van der Waals surface area contributed by atoms with Gasteiger partial charge in [0.1, 0.15) is 11.5 Å². The van der Waals surface area contributed by atoms with E-state index in [0.29, 0.717) is 10.8 Å². The van der Waals surface area contributed by atoms with Crippen molar-refractivity contribution in [1.82, 2.24) is 0 Å². The second-order valence-electron chi connectivity index (χ2n) is 4.03. The van der Waals surface area contributed by atoms with Crippen molar-refractivity contribution in [2.75, 3.05) is 0 Å². The van der Waals surface area contributed by atoms with Crippen LogP contribution in [-0.4, -0.2) is 0 Å². The number of benzene rings is 2. The molecular weight excluding hydrogens is 314 g/mol. The SMILES string of the molecule is CC(N)c1ccc(Oc2ccc(Br)cc2)cc1Cl. The third kappa shape index (κ3) is 3.25. The highest BCUT2D eigenvalue weighted by atomic mass is 79.9. The van der Waals surface area contributed by atoms with Gasteiger partial charge in [0, 0.05) is 15.5 Å². The highest BCUT2D eigenvalue weighted by Crippen LogP contribution is 2.29. The predicted octanol–water partition coefficient (Wildman–Crippen LogP) is 4.91. The van der Waals surface area contributed by atoms with Gasteiger partial charge in [-0.05, 0) is 48.9 Å². The molecular formula is C14H13BrClNO. The quantitative estimate of drug-likeness (QED) is 0.869. The molecule has 2 N–H and O–H groups in total. The Morgan fingerprint density at radius 2 is 1.72 bits per heavy atom. The summed E-state index contributed by atoms with van der Waals surface area (Å²) in [4.78, 5) is 0. The summed E-state index contributed by atoms with van der Waals surface area (Å²) in [6.45, 7) is 1.90. The summed E-state index contributed by atoms with van der Waals surface area (Å²) in [5.41, 5.74) is 6.72. The lowest BCUT2D eigenvalue weighted by molar-refractivity contribution is 0.482. The molecule has 0 saturated carbocycles. The lowest BCUT2D eigenvalue weighted by atomic mass is 10.1. The molecule has 2 aromatic carbocycles. The molecule has 2 rings (SSSR count). The first-order valence-corrected chi connectivity index (χ1v) is 6.72. The largest absolute Gasteiger partial charge is 0.457 e. The molecule has 2 aromatic rings. The van der Waals surface area contributed by atoms with E-state index in [0.717, 1.165) is 15.8 Å². The summed E-state index contributed by atoms with van der Waals surface area (Å²) in [5.74, 6) is 1.47. The fourth-order valence-electron chi connectivity index (χ4n) is 1.58. The summed E-state index contributed by atoms with van der Waals surface area (Å²) >= 11 is 9.53. The molecule has 0 saturated heterocycles. The lowest BCUT2D eigenvalue weighted by Gasteiger charge is -2.11. The van der Waals surface area contributed by atoms with Gasteiger partial charge < -0.3 is 10.5 Å². The van der Waals surface area contributed by atoms with E-state index in [1.54, 1.807) is 6.07 Å². The monoisotopic (exact) mass is 325 g/mol. The maximum atomic E-state index is 6.15. The maximum Gasteiger partial charge on any atom is 0.128 e. The maximum absolute atomic E-state index is 6.15. The van der Waals surface area contributed by atoms with E-state index in [4.69, 9.17) is 22.1 Å². The minimum atomic E-state index is -0.0840. The third-order valence-electron chi connectivity index (χ3n) is 2.51. The fourth-order valence-corrected chi connectivity index (χ4v) is 2.19. The molecule has 0 aliphatic rings. The molecule has 1 atom stereocenters. The Hall–Kier alpha value is -1.03. The molecule has 0 bridgehead atoms. The van der Waals surface area contributed by atoms with Crippen LogP contribution in [0.5, 0.6) is 11.5 Å². The Bertz CT molecular complexity index is 540. The first-order chi connectivity index (χ1) is 8.56. The minimum Gasteiger partial charge on any atom is -0.457 e. The fraction of sp³-hybridized carbons (Fsp3) is 0.143. The van der Waals surface area contributed by atoms with Gasteiger partial charge in [-0.15, -0.1) is 0 Å². The molecule has 0 amide bonds. The summed E-state index contributed by atoms with van der Waals surface area (Å²) in [6.07, 6.45) is 0. The van der Waals surface area contributed by atoms with E-state index in [1.165, 1.54) is 0 Å². The molecule has 0 fully saturated rings. The van der Waals surface area contributed by atoms with Crippen LogP contribution >= 0.6 is 27.5 Å². The van der Waals surface area contributed by atoms with Crippen molar-refractivity contribution in [3.63, 3.8) is 0 Å². The molecule has 18 heavy (non-hydrogen) atoms. The summed E-state index contributed by atoms with van der Waals surface area (Å²) in [6, 6.07) is 13.1. The van der Waals surface area contributed by atoms with Crippen molar-refractivity contribution in [1.29, 1.82) is 0 Å². The summed E-state index contributed by atoms with van der Waals surface area (Å²) in [5, 5.41) is 0.625. The lowest BCUT2D eigenvalue weighted by Crippen LogP contribution is -2.05. The van der Waals surface area contributed by atoms with Crippen LogP contribution in [0.3, 0.4) is 0 Å². The second kappa shape index (κ2) is 5.74. The van der Waals surface area contributed by atoms with Crippen LogP contribution in [0.15, 0.2) is 46.9 Å². The molecule has 94 valence electrons. The molecule has 0 aliphatic heterocycles. The van der Waals surface area contributed by atoms with E-state index in [-0.39, 0.29) is 6.04 Å². The van der Waals surface area contributed by atoms with Crippen LogP contribution in [0, 0.1) is 0 Å². The van der Waals surface area contributed by atoms with Crippen LogP contribution in [0.4, 0.5) is 0 Å². The second-order valence-corrected chi connectivity index (χ2v) is 5.35. The number of nitrogens with two attached hydrogens (primary N) is 1. The van der Waals surface area contributed by atoms with Gasteiger partial charge in [0.05, 0.1) is 0 Å². The zero-order valence-electron chi connectivity index (χ0n) is 9.86. The number of rotatable bonds is 3. The van der Waals surface area contributed by atoms with Crippen molar-refractivity contribution in [3.05, 3.63) is 57.5 Å². The Balaban J connectivity index is 2.20. The Labute approximate surface area is 120 Å². The van der Waals surface area contributed by atoms with Gasteiger partial charge in [-0.3, -0.25) is 0 Å². The number of hydrogen-bond donors (Lipinski definition) is 1. The van der Waals surface area contributed by atoms with E-state index < -0.39 is 0 Å². The van der Waals surface area contributed by atoms with Gasteiger partial charge in [0.15, 0.2) is 0 Å². The first-order valence-electron chi connectivity index (χ1n) is 5.54. The molecule has 0 heterocycles. The van der Waals surface area contributed by atoms with E-state index in [9.17, 15) is 0 Å². The van der Waals surface area contributed by atoms with Crippen LogP contribution in [0.2, 0.25) is 5.02 Å². The minimum absolute atomic E-state index is 0.0840. The molecule has 0 radical (unpaired) electrons. The van der Waals surface area contributed by atoms with E-state index >= 15 is 0 Å². The third-order valence-corrected chi connectivity index (χ3v) is 3.37. The highest BCUT2D eigenvalue weighted by Gasteiger charge is 2.07. The Kier molecular flexibility index (Phi) is 4.27. The van der Waals surface area contributed by atoms with E-state index in [1.807, 2.05) is 43.3 Å². The van der Waals surface area contributed by atoms with Gasteiger partial charge in [0.25, 0.3) is 0 Å². The Morgan fingerprint density at radius 1 is 1.11 bits per heavy atom. The topological polar surface area (TPSA) is 35.2 Å². The zero-order valence-corrected chi connectivity index (χ0v) is 12.2. The van der Waals surface area contributed by atoms with Crippen molar-refractivity contribution < 1.29 is 4.74 Å². The van der Waals surface area contributed by atoms with Crippen molar-refractivity contribution in [2.24, 2.45) is 5.73 Å². The average Bonchev–Trinajstić information content (AvgIpc) is 2.32. The normalized spacial score (nSPS) is 12.2. The van der Waals surface area contributed by atoms with Crippen LogP contribution < -0.4 is 10.5 Å². The van der Waals surface area contributed by atoms with Crippen molar-refractivity contribution in [2.45, 2.75) is 13.0 Å².